The Morgan fingerprint density at radius 2 is 1.82 bits per heavy atom. The molecule has 1 saturated heterocycles. The van der Waals surface area contributed by atoms with Gasteiger partial charge in [0.2, 0.25) is 0 Å². The monoisotopic (exact) mass is 399 g/mol. The number of amides is 1. The highest BCUT2D eigenvalue weighted by Crippen LogP contribution is 2.22. The lowest BCUT2D eigenvalue weighted by atomic mass is 10.1. The summed E-state index contributed by atoms with van der Waals surface area (Å²) < 4.78 is 14.0. The Morgan fingerprint density at radius 1 is 1.07 bits per heavy atom. The van der Waals surface area contributed by atoms with E-state index in [0.29, 0.717) is 44.4 Å². The maximum atomic E-state index is 14.0. The Bertz CT molecular complexity index is 1020. The Kier molecular flexibility index (Phi) is 5.11. The van der Waals surface area contributed by atoms with Crippen molar-refractivity contribution in [2.45, 2.75) is 6.54 Å². The maximum absolute atomic E-state index is 14.0. The van der Waals surface area contributed by atoms with Gasteiger partial charge in [0.05, 0.1) is 22.6 Å². The van der Waals surface area contributed by atoms with Crippen LogP contribution in [0.5, 0.6) is 0 Å². The van der Waals surface area contributed by atoms with Crippen molar-refractivity contribution in [3.05, 3.63) is 64.7 Å². The van der Waals surface area contributed by atoms with E-state index in [4.69, 9.17) is 17.3 Å². The van der Waals surface area contributed by atoms with Gasteiger partial charge in [-0.3, -0.25) is 9.69 Å². The number of halogens is 2. The van der Waals surface area contributed by atoms with Crippen LogP contribution in [0, 0.1) is 5.82 Å². The normalized spacial score (nSPS) is 15.1. The molecule has 1 fully saturated rings. The number of nitrogens with zero attached hydrogens (tertiary/aromatic N) is 4. The highest BCUT2D eigenvalue weighted by molar-refractivity contribution is 6.33. The van der Waals surface area contributed by atoms with Gasteiger partial charge in [-0.05, 0) is 24.3 Å². The van der Waals surface area contributed by atoms with Crippen LogP contribution in [0.2, 0.25) is 5.02 Å². The van der Waals surface area contributed by atoms with Gasteiger partial charge in [0, 0.05) is 31.6 Å². The lowest BCUT2D eigenvalue weighted by Crippen LogP contribution is -2.48. The van der Waals surface area contributed by atoms with Crippen molar-refractivity contribution in [1.29, 1.82) is 0 Å². The highest BCUT2D eigenvalue weighted by Gasteiger charge is 2.26. The topological polar surface area (TPSA) is 75.3 Å². The summed E-state index contributed by atoms with van der Waals surface area (Å²) in [6, 6.07) is 11.9. The smallest absolute Gasteiger partial charge is 0.258 e. The van der Waals surface area contributed by atoms with Crippen LogP contribution >= 0.6 is 11.6 Å². The van der Waals surface area contributed by atoms with E-state index in [9.17, 15) is 9.18 Å². The molecule has 6 nitrogen and oxygen atoms in total. The van der Waals surface area contributed by atoms with Crippen LogP contribution in [-0.4, -0.2) is 51.9 Å². The first-order valence-electron chi connectivity index (χ1n) is 8.99. The number of fused-ring (bicyclic) bond motifs is 1. The summed E-state index contributed by atoms with van der Waals surface area (Å²) in [6.45, 7) is 2.76. The third-order valence-corrected chi connectivity index (χ3v) is 5.20. The Balaban J connectivity index is 1.43. The van der Waals surface area contributed by atoms with Gasteiger partial charge in [-0.25, -0.2) is 14.4 Å². The van der Waals surface area contributed by atoms with Crippen LogP contribution in [0.25, 0.3) is 10.9 Å². The average Bonchev–Trinajstić information content (AvgIpc) is 2.68. The van der Waals surface area contributed by atoms with Crippen molar-refractivity contribution in [3.63, 3.8) is 0 Å². The molecule has 0 atom stereocenters. The molecule has 1 aliphatic heterocycles. The van der Waals surface area contributed by atoms with Crippen molar-refractivity contribution in [2.75, 3.05) is 31.9 Å². The molecule has 0 saturated carbocycles. The molecule has 0 aliphatic carbocycles. The molecule has 144 valence electrons. The van der Waals surface area contributed by atoms with Crippen molar-refractivity contribution < 1.29 is 9.18 Å². The van der Waals surface area contributed by atoms with Gasteiger partial charge in [0.25, 0.3) is 5.91 Å². The molecule has 3 aromatic rings. The predicted octanol–water partition coefficient (Wildman–Crippen LogP) is 2.96. The number of piperazine rings is 1. The van der Waals surface area contributed by atoms with E-state index in [2.05, 4.69) is 14.9 Å². The quantitative estimate of drug-likeness (QED) is 0.732. The number of hydrogen-bond acceptors (Lipinski definition) is 5. The molecule has 0 unspecified atom stereocenters. The third-order valence-electron chi connectivity index (χ3n) is 4.88. The molecular weight excluding hydrogens is 381 g/mol. The number of benzene rings is 2. The zero-order valence-corrected chi connectivity index (χ0v) is 15.9. The maximum Gasteiger partial charge on any atom is 0.258 e. The van der Waals surface area contributed by atoms with Crippen LogP contribution in [0.15, 0.2) is 42.5 Å². The molecule has 4 rings (SSSR count). The summed E-state index contributed by atoms with van der Waals surface area (Å²) in [5, 5.41) is 0.968. The second-order valence-electron chi connectivity index (χ2n) is 6.71. The van der Waals surface area contributed by atoms with Gasteiger partial charge in [-0.15, -0.1) is 0 Å². The molecule has 8 heteroatoms. The van der Waals surface area contributed by atoms with Gasteiger partial charge < -0.3 is 10.6 Å². The summed E-state index contributed by atoms with van der Waals surface area (Å²) in [5.74, 6) is 0.130. The molecule has 1 amide bonds. The van der Waals surface area contributed by atoms with Gasteiger partial charge in [-0.2, -0.15) is 0 Å². The number of nitrogen functional groups attached to an aromatic ring is 1. The minimum Gasteiger partial charge on any atom is -0.383 e. The molecule has 1 aromatic heterocycles. The number of carbonyl (C=O) groups is 1. The van der Waals surface area contributed by atoms with E-state index in [1.54, 1.807) is 4.90 Å². The summed E-state index contributed by atoms with van der Waals surface area (Å²) in [6.07, 6.45) is 0. The lowest BCUT2D eigenvalue weighted by molar-refractivity contribution is 0.0621. The molecule has 1 aliphatic rings. The van der Waals surface area contributed by atoms with Crippen LogP contribution in [-0.2, 0) is 6.54 Å². The largest absolute Gasteiger partial charge is 0.383 e. The Labute approximate surface area is 166 Å². The number of hydrogen-bond donors (Lipinski definition) is 1. The second kappa shape index (κ2) is 7.69. The third kappa shape index (κ3) is 3.63. The van der Waals surface area contributed by atoms with Gasteiger partial charge in [0.15, 0.2) is 0 Å². The molecule has 2 heterocycles. The number of aromatic nitrogens is 2. The zero-order valence-electron chi connectivity index (χ0n) is 15.1. The standard InChI is InChI=1S/C20H19ClFN5O/c21-14-5-3-6-15(22)18(14)20(28)27-10-8-26(9-11-27)12-17-24-16-7-2-1-4-13(16)19(23)25-17/h1-7H,8-12H2,(H2,23,24,25). The van der Waals surface area contributed by atoms with E-state index in [0.717, 1.165) is 10.9 Å². The van der Waals surface area contributed by atoms with Crippen molar-refractivity contribution in [2.24, 2.45) is 0 Å². The Morgan fingerprint density at radius 3 is 2.57 bits per heavy atom. The van der Waals surface area contributed by atoms with Crippen molar-refractivity contribution in [3.8, 4) is 0 Å². The van der Waals surface area contributed by atoms with E-state index in [1.165, 1.54) is 18.2 Å². The summed E-state index contributed by atoms with van der Waals surface area (Å²) in [5.41, 5.74) is 6.79. The van der Waals surface area contributed by atoms with Crippen LogP contribution < -0.4 is 5.73 Å². The highest BCUT2D eigenvalue weighted by atomic mass is 35.5. The number of para-hydroxylation sites is 1. The lowest BCUT2D eigenvalue weighted by Gasteiger charge is -2.34. The number of rotatable bonds is 3. The fraction of sp³-hybridized carbons (Fsp3) is 0.250. The van der Waals surface area contributed by atoms with Crippen LogP contribution in [0.3, 0.4) is 0 Å². The minimum absolute atomic E-state index is 0.0664. The van der Waals surface area contributed by atoms with E-state index >= 15 is 0 Å². The fourth-order valence-electron chi connectivity index (χ4n) is 3.39. The molecule has 0 radical (unpaired) electrons. The number of carbonyl (C=O) groups excluding carboxylic acids is 1. The summed E-state index contributed by atoms with van der Waals surface area (Å²) in [4.78, 5) is 25.4. The van der Waals surface area contributed by atoms with Crippen LogP contribution in [0.4, 0.5) is 10.2 Å². The van der Waals surface area contributed by atoms with E-state index in [1.807, 2.05) is 24.3 Å². The first-order chi connectivity index (χ1) is 13.5. The van der Waals surface area contributed by atoms with Crippen LogP contribution in [0.1, 0.15) is 16.2 Å². The molecule has 2 N–H and O–H groups in total. The number of anilines is 1. The summed E-state index contributed by atoms with van der Waals surface area (Å²) in [7, 11) is 0. The minimum atomic E-state index is -0.597. The summed E-state index contributed by atoms with van der Waals surface area (Å²) >= 11 is 6.02. The molecule has 2 aromatic carbocycles. The fourth-order valence-corrected chi connectivity index (χ4v) is 3.63. The molecule has 0 spiro atoms. The average molecular weight is 400 g/mol. The molecule has 0 bridgehead atoms. The van der Waals surface area contributed by atoms with Crippen molar-refractivity contribution >= 4 is 34.2 Å². The van der Waals surface area contributed by atoms with Gasteiger partial charge >= 0.3 is 0 Å². The predicted molar refractivity (Wildman–Crippen MR) is 107 cm³/mol. The first kappa shape index (κ1) is 18.6. The van der Waals surface area contributed by atoms with Gasteiger partial charge in [0.1, 0.15) is 17.5 Å². The molecule has 28 heavy (non-hydrogen) atoms. The molecular formula is C20H19ClFN5O. The second-order valence-corrected chi connectivity index (χ2v) is 7.11. The van der Waals surface area contributed by atoms with Crippen molar-refractivity contribution in [1.82, 2.24) is 19.8 Å². The van der Waals surface area contributed by atoms with Gasteiger partial charge in [-0.1, -0.05) is 29.8 Å². The van der Waals surface area contributed by atoms with E-state index < -0.39 is 5.82 Å². The first-order valence-corrected chi connectivity index (χ1v) is 9.37. The Hall–Kier alpha value is -2.77. The van der Waals surface area contributed by atoms with E-state index in [-0.39, 0.29) is 16.5 Å². The zero-order chi connectivity index (χ0) is 19.7. The SMILES string of the molecule is Nc1nc(CN2CCN(C(=O)c3c(F)cccc3Cl)CC2)nc2ccccc12. The number of nitrogens with two attached hydrogens (primary N) is 1.